The van der Waals surface area contributed by atoms with E-state index in [1.807, 2.05) is 0 Å². The van der Waals surface area contributed by atoms with Crippen LogP contribution < -0.4 is 0 Å². The molecule has 19 nitrogen and oxygen atoms in total. The zero-order valence-electron chi connectivity index (χ0n) is 27.4. The molecule has 3 heterocycles. The second-order valence-corrected chi connectivity index (χ2v) is 12.6. The molecule has 1 aliphatic carbocycles. The molecule has 2 saturated heterocycles. The highest BCUT2D eigenvalue weighted by atomic mass is 16.7. The Bertz CT molecular complexity index is 1840. The van der Waals surface area contributed by atoms with Gasteiger partial charge in [-0.2, -0.15) is 0 Å². The number of rotatable bonds is 8. The lowest BCUT2D eigenvalue weighted by molar-refractivity contribution is -0.323. The van der Waals surface area contributed by atoms with Crippen LogP contribution in [0.5, 0.6) is 28.7 Å². The SMILES string of the molecule is C[C@@H]1O[C@@H](OC[C@H]2O[C@H](OC3=C(c4ccc(O)c(O)c4)[OH+]C4C=C(O)C=C(O)C4=C3)[C@H](OC(=O)c3cc(O)c(O)c(O)c3)[C@@H](O)[C@H]2O)[C@H](O)[C@H](O)[C@H]1O. The highest BCUT2D eigenvalue weighted by molar-refractivity contribution is 5.91. The fourth-order valence-corrected chi connectivity index (χ4v) is 5.97. The minimum Gasteiger partial charge on any atom is -0.571 e. The predicted octanol–water partition coefficient (Wildman–Crippen LogP) is -0.850. The van der Waals surface area contributed by atoms with Gasteiger partial charge in [0.1, 0.15) is 48.1 Å². The average Bonchev–Trinajstić information content (AvgIpc) is 3.11. The second kappa shape index (κ2) is 14.6. The number of carbonyl (C=O) groups is 1. The lowest BCUT2D eigenvalue weighted by Gasteiger charge is -2.43. The number of benzene rings is 2. The Morgan fingerprint density at radius 1 is 0.774 bits per heavy atom. The standard InChI is InChI=1S/C34H36O19/c1-11-24(41)27(44)29(46)33(49-11)48-10-23-26(43)28(45)31(53-32(47)13-5-19(39)25(42)20(40)6-13)34(52-23)51-22-9-15-17(37)7-14(35)8-21(15)50-30(22)12-2-3-16(36)18(38)4-12/h2-9,11,21,23-24,26-29,31,33-46H,10H2,1H3/p+1/t11-,21?,23+,24-,26-,27+,28-,29+,31+,33+,34-/m0/s1. The maximum absolute atomic E-state index is 13.3. The molecular formula is C34H37O19+. The number of carbonyl (C=O) groups excluding carboxylic acids is 1. The van der Waals surface area contributed by atoms with Gasteiger partial charge < -0.3 is 89.7 Å². The maximum Gasteiger partial charge on any atom is 0.339 e. The highest BCUT2D eigenvalue weighted by Crippen LogP contribution is 2.40. The van der Waals surface area contributed by atoms with E-state index in [4.69, 9.17) is 23.7 Å². The number of esters is 1. The van der Waals surface area contributed by atoms with Gasteiger partial charge in [-0.3, -0.25) is 0 Å². The molecule has 0 spiro atoms. The van der Waals surface area contributed by atoms with Crippen LogP contribution in [0.1, 0.15) is 22.8 Å². The van der Waals surface area contributed by atoms with E-state index in [0.717, 1.165) is 30.3 Å². The summed E-state index contributed by atoms with van der Waals surface area (Å²) < 4.78 is 33.1. The normalized spacial score (nSPS) is 32.8. The second-order valence-electron chi connectivity index (χ2n) is 12.6. The number of hydrogen-bond acceptors (Lipinski definition) is 18. The molecule has 3 aliphatic heterocycles. The van der Waals surface area contributed by atoms with Crippen LogP contribution in [0.3, 0.4) is 0 Å². The summed E-state index contributed by atoms with van der Waals surface area (Å²) in [5, 5.41) is 124. The summed E-state index contributed by atoms with van der Waals surface area (Å²) in [5.41, 5.74) is -0.281. The van der Waals surface area contributed by atoms with Gasteiger partial charge in [-0.15, -0.1) is 0 Å². The molecule has 13 N–H and O–H groups in total. The van der Waals surface area contributed by atoms with Gasteiger partial charge in [-0.1, -0.05) is 0 Å². The number of fused-ring (bicyclic) bond motifs is 1. The number of aromatic hydroxyl groups is 5. The molecule has 53 heavy (non-hydrogen) atoms. The Labute approximate surface area is 298 Å². The lowest BCUT2D eigenvalue weighted by Crippen LogP contribution is -2.62. The fourth-order valence-electron chi connectivity index (χ4n) is 5.97. The third kappa shape index (κ3) is 7.36. The van der Waals surface area contributed by atoms with Crippen LogP contribution in [0, 0.1) is 0 Å². The van der Waals surface area contributed by atoms with Crippen LogP contribution >= 0.6 is 0 Å². The zero-order chi connectivity index (χ0) is 38.5. The number of allylic oxidation sites excluding steroid dienone is 2. The van der Waals surface area contributed by atoms with E-state index in [1.54, 1.807) is 0 Å². The molecule has 2 aromatic carbocycles. The Balaban J connectivity index is 1.36. The van der Waals surface area contributed by atoms with E-state index in [1.165, 1.54) is 25.1 Å². The van der Waals surface area contributed by atoms with Gasteiger partial charge in [0.2, 0.25) is 18.2 Å². The summed E-state index contributed by atoms with van der Waals surface area (Å²) in [6, 6.07) is 5.12. The van der Waals surface area contributed by atoms with Crippen molar-refractivity contribution >= 4 is 11.7 Å². The van der Waals surface area contributed by atoms with Gasteiger partial charge in [-0.05, 0) is 31.2 Å². The summed E-state index contributed by atoms with van der Waals surface area (Å²) in [5.74, 6) is -6.09. The molecule has 0 amide bonds. The third-order valence-electron chi connectivity index (χ3n) is 8.93. The summed E-state index contributed by atoms with van der Waals surface area (Å²) in [4.78, 5) is 13.3. The summed E-state index contributed by atoms with van der Waals surface area (Å²) in [6.45, 7) is 0.751. The number of hydrogen-bond donors (Lipinski definition) is 12. The van der Waals surface area contributed by atoms with Crippen LogP contribution in [0.2, 0.25) is 0 Å². The molecular weight excluding hydrogens is 712 g/mol. The number of phenolic OH excluding ortho intramolecular Hbond substituents is 5. The molecule has 1 unspecified atom stereocenters. The van der Waals surface area contributed by atoms with E-state index >= 15 is 0 Å². The zero-order valence-corrected chi connectivity index (χ0v) is 27.4. The minimum absolute atomic E-state index is 0.0662. The van der Waals surface area contributed by atoms with Crippen LogP contribution in [-0.2, 0) is 23.7 Å². The van der Waals surface area contributed by atoms with Crippen molar-refractivity contribution in [3.8, 4) is 28.7 Å². The van der Waals surface area contributed by atoms with Gasteiger partial charge in [0.05, 0.1) is 35.5 Å². The molecule has 4 aliphatic rings. The highest BCUT2D eigenvalue weighted by Gasteiger charge is 2.51. The molecule has 0 saturated carbocycles. The first-order valence-electron chi connectivity index (χ1n) is 16.0. The molecule has 19 heteroatoms. The van der Waals surface area contributed by atoms with Gasteiger partial charge in [0, 0.05) is 18.2 Å². The molecule has 2 aromatic rings. The van der Waals surface area contributed by atoms with Crippen LogP contribution in [0.25, 0.3) is 5.76 Å². The van der Waals surface area contributed by atoms with Crippen LogP contribution in [0.4, 0.5) is 0 Å². The Morgan fingerprint density at radius 2 is 1.47 bits per heavy atom. The first kappa shape index (κ1) is 37.5. The Morgan fingerprint density at radius 3 is 2.15 bits per heavy atom. The van der Waals surface area contributed by atoms with Gasteiger partial charge >= 0.3 is 11.7 Å². The monoisotopic (exact) mass is 749 g/mol. The van der Waals surface area contributed by atoms with Crippen molar-refractivity contribution in [2.75, 3.05) is 6.61 Å². The third-order valence-corrected chi connectivity index (χ3v) is 8.93. The van der Waals surface area contributed by atoms with Crippen molar-refractivity contribution in [1.82, 2.24) is 0 Å². The first-order valence-corrected chi connectivity index (χ1v) is 16.0. The van der Waals surface area contributed by atoms with Crippen molar-refractivity contribution in [1.29, 1.82) is 0 Å². The maximum atomic E-state index is 13.3. The molecule has 2 fully saturated rings. The predicted molar refractivity (Wildman–Crippen MR) is 173 cm³/mol. The van der Waals surface area contributed by atoms with Gasteiger partial charge in [-0.25, -0.2) is 4.79 Å². The van der Waals surface area contributed by atoms with E-state index in [2.05, 4.69) is 4.74 Å². The lowest BCUT2D eigenvalue weighted by atomic mass is 9.96. The molecule has 0 bridgehead atoms. The van der Waals surface area contributed by atoms with Crippen LogP contribution in [0.15, 0.2) is 71.4 Å². The van der Waals surface area contributed by atoms with E-state index in [9.17, 15) is 66.1 Å². The molecule has 6 rings (SSSR count). The number of phenols is 5. The number of ether oxygens (including phenoxy) is 6. The van der Waals surface area contributed by atoms with E-state index in [0.29, 0.717) is 0 Å². The molecule has 0 aromatic heterocycles. The van der Waals surface area contributed by atoms with E-state index < -0.39 is 120 Å². The quantitative estimate of drug-likeness (QED) is 0.0888. The Hall–Kier alpha value is -5.25. The van der Waals surface area contributed by atoms with Crippen LogP contribution in [-0.4, -0.2) is 146 Å². The number of aliphatic hydroxyl groups excluding tert-OH is 7. The molecule has 286 valence electrons. The molecule has 11 atom stereocenters. The fraction of sp³-hybridized carbons (Fsp3) is 0.382. The van der Waals surface area contributed by atoms with Crippen molar-refractivity contribution in [3.63, 3.8) is 0 Å². The van der Waals surface area contributed by atoms with Crippen molar-refractivity contribution in [2.24, 2.45) is 0 Å². The average molecular weight is 750 g/mol. The van der Waals surface area contributed by atoms with Gasteiger partial charge in [0.25, 0.3) is 0 Å². The number of aliphatic hydroxyl groups is 9. The molecule has 0 radical (unpaired) electrons. The summed E-state index contributed by atoms with van der Waals surface area (Å²) >= 11 is 0. The first-order chi connectivity index (χ1) is 25.0. The summed E-state index contributed by atoms with van der Waals surface area (Å²) in [7, 11) is 0. The largest absolute Gasteiger partial charge is 0.571 e. The van der Waals surface area contributed by atoms with E-state index in [-0.39, 0.29) is 28.4 Å². The van der Waals surface area contributed by atoms with Crippen molar-refractivity contribution < 1.29 is 94.5 Å². The smallest absolute Gasteiger partial charge is 0.339 e. The van der Waals surface area contributed by atoms with Gasteiger partial charge in [0.15, 0.2) is 41.1 Å². The summed E-state index contributed by atoms with van der Waals surface area (Å²) in [6.07, 6.45) is -14.1. The minimum atomic E-state index is -2.04. The topological polar surface area (TPSA) is 319 Å². The Kier molecular flexibility index (Phi) is 10.4. The van der Waals surface area contributed by atoms with Crippen molar-refractivity contribution in [2.45, 2.75) is 74.4 Å². The van der Waals surface area contributed by atoms with Crippen molar-refractivity contribution in [3.05, 3.63) is 82.5 Å².